The van der Waals surface area contributed by atoms with Crippen LogP contribution in [-0.2, 0) is 4.65 Å². The molecular weight excluding hydrogens is 369 g/mol. The van der Waals surface area contributed by atoms with Crippen molar-refractivity contribution in [2.75, 3.05) is 0 Å². The van der Waals surface area contributed by atoms with E-state index in [-0.39, 0.29) is 0 Å². The number of para-hydroxylation sites is 1. The topological polar surface area (TPSA) is 34.4 Å². The highest BCUT2D eigenvalue weighted by Crippen LogP contribution is 2.38. The van der Waals surface area contributed by atoms with Crippen molar-refractivity contribution in [2.45, 2.75) is 38.9 Å². The first kappa shape index (κ1) is 19.2. The van der Waals surface area contributed by atoms with Gasteiger partial charge < -0.3 is 14.3 Å². The zero-order valence-electron chi connectivity index (χ0n) is 17.8. The highest BCUT2D eigenvalue weighted by molar-refractivity contribution is 6.53. The lowest BCUT2D eigenvalue weighted by Gasteiger charge is -2.37. The van der Waals surface area contributed by atoms with Gasteiger partial charge in [-0.3, -0.25) is 0 Å². The van der Waals surface area contributed by atoms with Crippen molar-refractivity contribution < 1.29 is 9.76 Å². The molecule has 0 saturated carbocycles. The second-order valence-corrected chi connectivity index (χ2v) is 9.01. The van der Waals surface area contributed by atoms with Crippen molar-refractivity contribution in [3.8, 4) is 5.69 Å². The second-order valence-electron chi connectivity index (χ2n) is 9.01. The molecule has 0 spiro atoms. The molecule has 0 aliphatic carbocycles. The molecule has 1 heterocycles. The molecule has 0 aliphatic heterocycles. The van der Waals surface area contributed by atoms with E-state index >= 15 is 0 Å². The summed E-state index contributed by atoms with van der Waals surface area (Å²) in [6, 6.07) is 25.6. The van der Waals surface area contributed by atoms with E-state index in [1.807, 2.05) is 19.9 Å². The molecule has 5 aromatic rings. The van der Waals surface area contributed by atoms with Crippen LogP contribution >= 0.6 is 0 Å². The van der Waals surface area contributed by atoms with Gasteiger partial charge in [-0.1, -0.05) is 48.5 Å². The Labute approximate surface area is 177 Å². The van der Waals surface area contributed by atoms with E-state index in [1.54, 1.807) is 21.3 Å². The Morgan fingerprint density at radius 3 is 2.23 bits per heavy atom. The largest absolute Gasteiger partial charge is 0.427 e. The monoisotopic (exact) mass is 394 g/mol. The van der Waals surface area contributed by atoms with Crippen molar-refractivity contribution in [3.63, 3.8) is 0 Å². The minimum atomic E-state index is -0.961. The Balaban J connectivity index is 1.73. The van der Waals surface area contributed by atoms with Crippen LogP contribution in [-0.4, -0.2) is 28.4 Å². The van der Waals surface area contributed by atoms with E-state index in [2.05, 4.69) is 71.3 Å². The van der Waals surface area contributed by atoms with Crippen molar-refractivity contribution in [1.82, 2.24) is 4.57 Å². The predicted molar refractivity (Wildman–Crippen MR) is 126 cm³/mol. The SMILES string of the molecule is CC(C)(O)C(C)(C)O[B]c1ccc2c3c1ccc1cccc(c13)n2-c1ccccc1. The Hall–Kier alpha value is -2.82. The smallest absolute Gasteiger partial charge is 0.331 e. The van der Waals surface area contributed by atoms with Crippen molar-refractivity contribution in [1.29, 1.82) is 0 Å². The molecule has 0 atom stereocenters. The molecule has 1 N–H and O–H groups in total. The molecule has 1 aromatic heterocycles. The Morgan fingerprint density at radius 2 is 1.50 bits per heavy atom. The summed E-state index contributed by atoms with van der Waals surface area (Å²) >= 11 is 0. The van der Waals surface area contributed by atoms with Gasteiger partial charge in [-0.25, -0.2) is 0 Å². The summed E-state index contributed by atoms with van der Waals surface area (Å²) in [6.07, 6.45) is 0. The van der Waals surface area contributed by atoms with Gasteiger partial charge in [-0.15, -0.1) is 0 Å². The highest BCUT2D eigenvalue weighted by Gasteiger charge is 2.36. The van der Waals surface area contributed by atoms with Crippen LogP contribution in [0, 0.1) is 0 Å². The first-order chi connectivity index (χ1) is 14.3. The van der Waals surface area contributed by atoms with E-state index in [9.17, 15) is 5.11 Å². The van der Waals surface area contributed by atoms with Crippen molar-refractivity contribution in [3.05, 3.63) is 72.8 Å². The highest BCUT2D eigenvalue weighted by atomic mass is 16.5. The molecule has 4 heteroatoms. The van der Waals surface area contributed by atoms with E-state index in [4.69, 9.17) is 4.65 Å². The number of aliphatic hydroxyl groups is 1. The standard InChI is InChI=1S/C26H25BNO2/c1-25(2,29)26(3,4)30-27-20-15-16-22-24-19(20)14-13-17-9-8-12-21(23(17)24)28(22)18-10-6-5-7-11-18/h5-16,29H,1-4H3. The second kappa shape index (κ2) is 6.59. The molecular formula is C26H25BNO2. The molecule has 0 unspecified atom stereocenters. The normalized spacial score (nSPS) is 13.0. The Kier molecular flexibility index (Phi) is 4.21. The number of nitrogens with zero attached hydrogens (tertiary/aromatic N) is 1. The van der Waals surface area contributed by atoms with Gasteiger partial charge in [0.05, 0.1) is 22.2 Å². The van der Waals surface area contributed by atoms with Crippen LogP contribution in [0.3, 0.4) is 0 Å². The maximum Gasteiger partial charge on any atom is 0.331 e. The van der Waals surface area contributed by atoms with Crippen LogP contribution < -0.4 is 5.46 Å². The number of aromatic nitrogens is 1. The van der Waals surface area contributed by atoms with Crippen molar-refractivity contribution in [2.24, 2.45) is 0 Å². The average Bonchev–Trinajstić information content (AvgIpc) is 3.06. The summed E-state index contributed by atoms with van der Waals surface area (Å²) in [7, 11) is 1.79. The first-order valence-electron chi connectivity index (χ1n) is 10.3. The van der Waals surface area contributed by atoms with E-state index < -0.39 is 11.2 Å². The van der Waals surface area contributed by atoms with Gasteiger partial charge in [0.1, 0.15) is 0 Å². The van der Waals surface area contributed by atoms with Gasteiger partial charge in [-0.2, -0.15) is 0 Å². The van der Waals surface area contributed by atoms with Gasteiger partial charge in [-0.05, 0) is 68.2 Å². The zero-order chi connectivity index (χ0) is 21.1. The molecule has 149 valence electrons. The summed E-state index contributed by atoms with van der Waals surface area (Å²) in [5, 5.41) is 15.3. The molecule has 0 amide bonds. The molecule has 30 heavy (non-hydrogen) atoms. The molecule has 0 bridgehead atoms. The maximum atomic E-state index is 10.4. The van der Waals surface area contributed by atoms with Gasteiger partial charge in [0, 0.05) is 16.5 Å². The van der Waals surface area contributed by atoms with E-state index in [0.717, 1.165) is 16.5 Å². The third-order valence-corrected chi connectivity index (χ3v) is 6.46. The predicted octanol–water partition coefficient (Wildman–Crippen LogP) is 5.19. The lowest BCUT2D eigenvalue weighted by atomic mass is 9.80. The molecule has 4 aromatic carbocycles. The third-order valence-electron chi connectivity index (χ3n) is 6.46. The molecule has 0 fully saturated rings. The lowest BCUT2D eigenvalue weighted by Crippen LogP contribution is -2.49. The van der Waals surface area contributed by atoms with Gasteiger partial charge in [0.15, 0.2) is 0 Å². The lowest BCUT2D eigenvalue weighted by molar-refractivity contribution is -0.0893. The zero-order valence-corrected chi connectivity index (χ0v) is 17.8. The first-order valence-corrected chi connectivity index (χ1v) is 10.3. The minimum Gasteiger partial charge on any atom is -0.427 e. The molecule has 0 saturated heterocycles. The van der Waals surface area contributed by atoms with Crippen LogP contribution in [0.4, 0.5) is 0 Å². The quantitative estimate of drug-likeness (QED) is 0.329. The fourth-order valence-corrected chi connectivity index (χ4v) is 4.02. The fraction of sp³-hybridized carbons (Fsp3) is 0.231. The minimum absolute atomic E-state index is 0.712. The van der Waals surface area contributed by atoms with Gasteiger partial charge in [0.25, 0.3) is 0 Å². The fourth-order valence-electron chi connectivity index (χ4n) is 4.02. The van der Waals surface area contributed by atoms with E-state index in [1.165, 1.54) is 27.2 Å². The average molecular weight is 394 g/mol. The number of hydrogen-bond acceptors (Lipinski definition) is 2. The maximum absolute atomic E-state index is 10.4. The van der Waals surface area contributed by atoms with Crippen molar-refractivity contribution >= 4 is 45.5 Å². The molecule has 3 nitrogen and oxygen atoms in total. The van der Waals surface area contributed by atoms with Crippen LogP contribution in [0.5, 0.6) is 0 Å². The summed E-state index contributed by atoms with van der Waals surface area (Å²) in [5.74, 6) is 0. The Bertz CT molecular complexity index is 1350. The van der Waals surface area contributed by atoms with Gasteiger partial charge in [0.2, 0.25) is 0 Å². The summed E-state index contributed by atoms with van der Waals surface area (Å²) in [5.41, 5.74) is 2.88. The molecule has 1 radical (unpaired) electrons. The number of hydrogen-bond donors (Lipinski definition) is 1. The molecule has 5 rings (SSSR count). The third kappa shape index (κ3) is 2.83. The molecule has 0 aliphatic rings. The van der Waals surface area contributed by atoms with Crippen LogP contribution in [0.15, 0.2) is 72.8 Å². The Morgan fingerprint density at radius 1 is 0.767 bits per heavy atom. The number of rotatable bonds is 5. The number of benzene rings is 4. The van der Waals surface area contributed by atoms with Crippen LogP contribution in [0.25, 0.3) is 38.3 Å². The summed E-state index contributed by atoms with van der Waals surface area (Å²) < 4.78 is 8.41. The van der Waals surface area contributed by atoms with E-state index in [0.29, 0.717) is 0 Å². The van der Waals surface area contributed by atoms with Crippen LogP contribution in [0.1, 0.15) is 27.7 Å². The van der Waals surface area contributed by atoms with Gasteiger partial charge >= 0.3 is 7.48 Å². The summed E-state index contributed by atoms with van der Waals surface area (Å²) in [4.78, 5) is 0. The summed E-state index contributed by atoms with van der Waals surface area (Å²) in [6.45, 7) is 7.35. The van der Waals surface area contributed by atoms with Crippen LogP contribution in [0.2, 0.25) is 0 Å².